The molecular weight excluding hydrogens is 215 g/mol. The van der Waals surface area contributed by atoms with Crippen LogP contribution in [0.2, 0.25) is 0 Å². The first-order valence-electron chi connectivity index (χ1n) is 5.41. The van der Waals surface area contributed by atoms with Crippen molar-refractivity contribution < 1.29 is 13.2 Å². The number of aryl methyl sites for hydroxylation is 2. The van der Waals surface area contributed by atoms with Gasteiger partial charge in [-0.3, -0.25) is 4.98 Å². The maximum Gasteiger partial charge on any atom is 0.418 e. The van der Waals surface area contributed by atoms with Gasteiger partial charge in [0.15, 0.2) is 0 Å². The van der Waals surface area contributed by atoms with Gasteiger partial charge in [-0.25, -0.2) is 0 Å². The zero-order valence-electron chi connectivity index (χ0n) is 10.7. The summed E-state index contributed by atoms with van der Waals surface area (Å²) in [7, 11) is 0. The summed E-state index contributed by atoms with van der Waals surface area (Å²) in [4.78, 5) is 3.63. The molecule has 0 spiro atoms. The van der Waals surface area contributed by atoms with Gasteiger partial charge in [-0.2, -0.15) is 13.2 Å². The van der Waals surface area contributed by atoms with E-state index in [1.165, 1.54) is 13.1 Å². The highest BCUT2D eigenvalue weighted by atomic mass is 19.4. The standard InChI is InChI=1S/C8H8F3N.2C2H6/c1-5-3-7(8(9,10)11)6(2)12-4-5;2*1-2/h3-4H,1-2H3;2*1-2H3. The number of rotatable bonds is 0. The molecule has 1 rings (SSSR count). The first kappa shape index (κ1) is 17.3. The molecule has 0 atom stereocenters. The van der Waals surface area contributed by atoms with Crippen LogP contribution in [0, 0.1) is 13.8 Å². The van der Waals surface area contributed by atoms with Crippen molar-refractivity contribution in [2.24, 2.45) is 0 Å². The lowest BCUT2D eigenvalue weighted by atomic mass is 10.1. The molecule has 4 heteroatoms. The number of pyridine rings is 1. The molecule has 0 unspecified atom stereocenters. The number of hydrogen-bond acceptors (Lipinski definition) is 1. The molecule has 0 aromatic carbocycles. The topological polar surface area (TPSA) is 12.9 Å². The predicted molar refractivity (Wildman–Crippen MR) is 61.4 cm³/mol. The summed E-state index contributed by atoms with van der Waals surface area (Å²) in [5.41, 5.74) is -0.108. The van der Waals surface area contributed by atoms with Gasteiger partial charge in [0.25, 0.3) is 0 Å². The Labute approximate surface area is 95.7 Å². The maximum atomic E-state index is 12.2. The molecule has 0 saturated carbocycles. The van der Waals surface area contributed by atoms with E-state index in [4.69, 9.17) is 0 Å². The van der Waals surface area contributed by atoms with Crippen LogP contribution in [0.3, 0.4) is 0 Å². The van der Waals surface area contributed by atoms with Gasteiger partial charge in [0, 0.05) is 11.9 Å². The molecular formula is C12H20F3N. The number of halogens is 3. The zero-order chi connectivity index (χ0) is 13.4. The molecule has 1 heterocycles. The van der Waals surface area contributed by atoms with Crippen LogP contribution in [0.25, 0.3) is 0 Å². The SMILES string of the molecule is CC.CC.Cc1cnc(C)c(C(F)(F)F)c1. The molecule has 0 saturated heterocycles. The molecule has 0 aliphatic carbocycles. The molecule has 0 fully saturated rings. The normalized spacial score (nSPS) is 9.56. The van der Waals surface area contributed by atoms with E-state index >= 15 is 0 Å². The third-order valence-electron chi connectivity index (χ3n) is 1.53. The van der Waals surface area contributed by atoms with Crippen molar-refractivity contribution in [2.75, 3.05) is 0 Å². The molecule has 94 valence electrons. The zero-order valence-corrected chi connectivity index (χ0v) is 10.7. The van der Waals surface area contributed by atoms with E-state index in [0.29, 0.717) is 5.56 Å². The van der Waals surface area contributed by atoms with Crippen LogP contribution in [-0.4, -0.2) is 4.98 Å². The summed E-state index contributed by atoms with van der Waals surface area (Å²) < 4.78 is 36.6. The van der Waals surface area contributed by atoms with Crippen LogP contribution >= 0.6 is 0 Å². The van der Waals surface area contributed by atoms with Crippen LogP contribution < -0.4 is 0 Å². The molecule has 0 N–H and O–H groups in total. The summed E-state index contributed by atoms with van der Waals surface area (Å²) in [6.45, 7) is 10.9. The summed E-state index contributed by atoms with van der Waals surface area (Å²) in [5.74, 6) is 0. The first-order chi connectivity index (χ1) is 7.41. The lowest BCUT2D eigenvalue weighted by Crippen LogP contribution is -2.08. The maximum absolute atomic E-state index is 12.2. The van der Waals surface area contributed by atoms with Gasteiger partial charge in [0.05, 0.1) is 5.56 Å². The second-order valence-electron chi connectivity index (χ2n) is 2.64. The van der Waals surface area contributed by atoms with Crippen LogP contribution in [0.1, 0.15) is 44.5 Å². The van der Waals surface area contributed by atoms with E-state index in [2.05, 4.69) is 4.98 Å². The molecule has 0 bridgehead atoms. The van der Waals surface area contributed by atoms with Gasteiger partial charge in [-0.15, -0.1) is 0 Å². The van der Waals surface area contributed by atoms with Crippen molar-refractivity contribution in [2.45, 2.75) is 47.7 Å². The van der Waals surface area contributed by atoms with Crippen molar-refractivity contribution in [3.05, 3.63) is 29.1 Å². The minimum Gasteiger partial charge on any atom is -0.261 e. The fourth-order valence-electron chi connectivity index (χ4n) is 0.925. The Hall–Kier alpha value is -1.06. The van der Waals surface area contributed by atoms with E-state index in [9.17, 15) is 13.2 Å². The lowest BCUT2D eigenvalue weighted by molar-refractivity contribution is -0.138. The lowest BCUT2D eigenvalue weighted by Gasteiger charge is -2.09. The molecule has 0 aliphatic rings. The smallest absolute Gasteiger partial charge is 0.261 e. The van der Waals surface area contributed by atoms with Crippen molar-refractivity contribution >= 4 is 0 Å². The van der Waals surface area contributed by atoms with Crippen LogP contribution in [0.5, 0.6) is 0 Å². The summed E-state index contributed by atoms with van der Waals surface area (Å²) in [5, 5.41) is 0. The van der Waals surface area contributed by atoms with Crippen molar-refractivity contribution in [3.8, 4) is 0 Å². The summed E-state index contributed by atoms with van der Waals surface area (Å²) in [6, 6.07) is 1.10. The molecule has 0 amide bonds. The monoisotopic (exact) mass is 235 g/mol. The minimum absolute atomic E-state index is 0.0214. The largest absolute Gasteiger partial charge is 0.418 e. The summed E-state index contributed by atoms with van der Waals surface area (Å²) >= 11 is 0. The van der Waals surface area contributed by atoms with E-state index in [-0.39, 0.29) is 5.69 Å². The van der Waals surface area contributed by atoms with Gasteiger partial charge in [0.2, 0.25) is 0 Å². The van der Waals surface area contributed by atoms with Gasteiger partial charge in [0.1, 0.15) is 0 Å². The van der Waals surface area contributed by atoms with Crippen LogP contribution in [-0.2, 0) is 6.18 Å². The number of alkyl halides is 3. The first-order valence-corrected chi connectivity index (χ1v) is 5.41. The molecule has 0 radical (unpaired) electrons. The average molecular weight is 235 g/mol. The van der Waals surface area contributed by atoms with E-state index < -0.39 is 11.7 Å². The Morgan fingerprint density at radius 1 is 1.00 bits per heavy atom. The fourth-order valence-corrected chi connectivity index (χ4v) is 0.925. The Bertz CT molecular complexity index is 293. The third-order valence-corrected chi connectivity index (χ3v) is 1.53. The predicted octanol–water partition coefficient (Wildman–Crippen LogP) is 4.77. The fraction of sp³-hybridized carbons (Fsp3) is 0.583. The molecule has 1 aromatic rings. The van der Waals surface area contributed by atoms with Crippen molar-refractivity contribution in [3.63, 3.8) is 0 Å². The highest BCUT2D eigenvalue weighted by Gasteiger charge is 2.32. The molecule has 1 nitrogen and oxygen atoms in total. The molecule has 1 aromatic heterocycles. The second-order valence-corrected chi connectivity index (χ2v) is 2.64. The van der Waals surface area contributed by atoms with Gasteiger partial charge < -0.3 is 0 Å². The van der Waals surface area contributed by atoms with Gasteiger partial charge in [-0.1, -0.05) is 27.7 Å². The average Bonchev–Trinajstić information content (AvgIpc) is 2.26. The Morgan fingerprint density at radius 3 is 1.75 bits per heavy atom. The second kappa shape index (κ2) is 8.13. The molecule has 16 heavy (non-hydrogen) atoms. The van der Waals surface area contributed by atoms with E-state index in [0.717, 1.165) is 6.07 Å². The van der Waals surface area contributed by atoms with Gasteiger partial charge >= 0.3 is 6.18 Å². The number of aromatic nitrogens is 1. The Kier molecular flexibility index (Phi) is 8.81. The minimum atomic E-state index is -4.29. The highest BCUT2D eigenvalue weighted by Crippen LogP contribution is 2.31. The van der Waals surface area contributed by atoms with Crippen molar-refractivity contribution in [1.82, 2.24) is 4.98 Å². The highest BCUT2D eigenvalue weighted by molar-refractivity contribution is 5.26. The van der Waals surface area contributed by atoms with Crippen LogP contribution in [0.4, 0.5) is 13.2 Å². The molecule has 0 aliphatic heterocycles. The van der Waals surface area contributed by atoms with E-state index in [1.54, 1.807) is 6.92 Å². The summed E-state index contributed by atoms with van der Waals surface area (Å²) in [6.07, 6.45) is -2.87. The van der Waals surface area contributed by atoms with Gasteiger partial charge in [-0.05, 0) is 25.5 Å². The van der Waals surface area contributed by atoms with Crippen molar-refractivity contribution in [1.29, 1.82) is 0 Å². The quantitative estimate of drug-likeness (QED) is 0.631. The number of hydrogen-bond donors (Lipinski definition) is 0. The van der Waals surface area contributed by atoms with Crippen LogP contribution in [0.15, 0.2) is 12.3 Å². The number of nitrogens with zero attached hydrogens (tertiary/aromatic N) is 1. The third kappa shape index (κ3) is 5.73. The van der Waals surface area contributed by atoms with E-state index in [1.807, 2.05) is 27.7 Å². The Morgan fingerprint density at radius 2 is 1.44 bits per heavy atom. The Balaban J connectivity index is 0.